The van der Waals surface area contributed by atoms with Gasteiger partial charge in [-0.3, -0.25) is 0 Å². The number of nitrogens with one attached hydrogen (secondary N) is 1. The molecule has 12 heavy (non-hydrogen) atoms. The highest BCUT2D eigenvalue weighted by atomic mass is 16.3. The monoisotopic (exact) mass is 173 g/mol. The van der Waals surface area contributed by atoms with Crippen LogP contribution in [0.25, 0.3) is 0 Å². The third-order valence-electron chi connectivity index (χ3n) is 2.42. The van der Waals surface area contributed by atoms with Gasteiger partial charge in [-0.1, -0.05) is 27.2 Å². The molecular weight excluding hydrogens is 150 g/mol. The van der Waals surface area contributed by atoms with Crippen molar-refractivity contribution in [1.82, 2.24) is 5.32 Å². The normalized spacial score (nSPS) is 16.0. The summed E-state index contributed by atoms with van der Waals surface area (Å²) in [5, 5.41) is 12.0. The molecule has 2 nitrogen and oxygen atoms in total. The van der Waals surface area contributed by atoms with Crippen LogP contribution in [0, 0.1) is 5.92 Å². The number of aliphatic hydroxyl groups excluding tert-OH is 1. The van der Waals surface area contributed by atoms with Crippen molar-refractivity contribution in [3.8, 4) is 0 Å². The van der Waals surface area contributed by atoms with Gasteiger partial charge in [0.1, 0.15) is 0 Å². The van der Waals surface area contributed by atoms with Crippen LogP contribution in [0.15, 0.2) is 0 Å². The molecule has 0 rings (SSSR count). The summed E-state index contributed by atoms with van der Waals surface area (Å²) in [5.41, 5.74) is 0. The van der Waals surface area contributed by atoms with E-state index in [-0.39, 0.29) is 6.61 Å². The van der Waals surface area contributed by atoms with Crippen molar-refractivity contribution in [2.75, 3.05) is 13.2 Å². The lowest BCUT2D eigenvalue weighted by atomic mass is 9.98. The van der Waals surface area contributed by atoms with Gasteiger partial charge in [0.2, 0.25) is 0 Å². The average Bonchev–Trinajstić information content (AvgIpc) is 2.11. The van der Waals surface area contributed by atoms with E-state index in [2.05, 4.69) is 26.1 Å². The van der Waals surface area contributed by atoms with Gasteiger partial charge in [0.05, 0.1) is 6.61 Å². The zero-order chi connectivity index (χ0) is 9.40. The Kier molecular flexibility index (Phi) is 7.51. The van der Waals surface area contributed by atoms with Crippen LogP contribution in [0.1, 0.15) is 40.0 Å². The summed E-state index contributed by atoms with van der Waals surface area (Å²) >= 11 is 0. The first-order chi connectivity index (χ1) is 5.74. The number of aliphatic hydroxyl groups is 1. The standard InChI is InChI=1S/C10H23NO/c1-4-9(3)8-10(5-2)11-6-7-12/h9-12H,4-8H2,1-3H3. The summed E-state index contributed by atoms with van der Waals surface area (Å²) < 4.78 is 0. The van der Waals surface area contributed by atoms with E-state index in [9.17, 15) is 0 Å². The van der Waals surface area contributed by atoms with E-state index in [1.807, 2.05) is 0 Å². The Morgan fingerprint density at radius 3 is 2.33 bits per heavy atom. The highest BCUT2D eigenvalue weighted by molar-refractivity contribution is 4.67. The Balaban J connectivity index is 3.51. The molecule has 0 aliphatic heterocycles. The highest BCUT2D eigenvalue weighted by Crippen LogP contribution is 2.11. The fourth-order valence-electron chi connectivity index (χ4n) is 1.32. The molecule has 0 heterocycles. The topological polar surface area (TPSA) is 32.3 Å². The van der Waals surface area contributed by atoms with Crippen molar-refractivity contribution in [1.29, 1.82) is 0 Å². The molecule has 0 aliphatic carbocycles. The van der Waals surface area contributed by atoms with E-state index >= 15 is 0 Å². The van der Waals surface area contributed by atoms with E-state index in [1.54, 1.807) is 0 Å². The first-order valence-electron chi connectivity index (χ1n) is 5.08. The Morgan fingerprint density at radius 2 is 1.92 bits per heavy atom. The number of rotatable bonds is 7. The van der Waals surface area contributed by atoms with Crippen LogP contribution in [-0.4, -0.2) is 24.3 Å². The maximum absolute atomic E-state index is 8.64. The molecule has 2 heteroatoms. The Bertz CT molecular complexity index is 95.8. The average molecular weight is 173 g/mol. The summed E-state index contributed by atoms with van der Waals surface area (Å²) in [6, 6.07) is 0.590. The molecule has 2 atom stereocenters. The van der Waals surface area contributed by atoms with Crippen LogP contribution in [0.3, 0.4) is 0 Å². The predicted molar refractivity (Wildman–Crippen MR) is 53.2 cm³/mol. The van der Waals surface area contributed by atoms with Crippen LogP contribution in [-0.2, 0) is 0 Å². The molecule has 0 radical (unpaired) electrons. The highest BCUT2D eigenvalue weighted by Gasteiger charge is 2.08. The number of hydrogen-bond donors (Lipinski definition) is 2. The lowest BCUT2D eigenvalue weighted by molar-refractivity contribution is 0.274. The lowest BCUT2D eigenvalue weighted by Gasteiger charge is -2.19. The van der Waals surface area contributed by atoms with E-state index in [0.29, 0.717) is 6.04 Å². The molecule has 0 saturated heterocycles. The van der Waals surface area contributed by atoms with Gasteiger partial charge in [-0.15, -0.1) is 0 Å². The molecule has 0 saturated carbocycles. The summed E-state index contributed by atoms with van der Waals surface area (Å²) in [4.78, 5) is 0. The fourth-order valence-corrected chi connectivity index (χ4v) is 1.32. The zero-order valence-corrected chi connectivity index (χ0v) is 8.64. The quantitative estimate of drug-likeness (QED) is 0.615. The van der Waals surface area contributed by atoms with Gasteiger partial charge < -0.3 is 10.4 Å². The molecule has 0 bridgehead atoms. The lowest BCUT2D eigenvalue weighted by Crippen LogP contribution is -2.32. The Hall–Kier alpha value is -0.0800. The van der Waals surface area contributed by atoms with E-state index in [4.69, 9.17) is 5.11 Å². The van der Waals surface area contributed by atoms with Gasteiger partial charge in [-0.05, 0) is 18.8 Å². The van der Waals surface area contributed by atoms with E-state index in [1.165, 1.54) is 12.8 Å². The maximum atomic E-state index is 8.64. The van der Waals surface area contributed by atoms with Crippen LogP contribution in [0.4, 0.5) is 0 Å². The summed E-state index contributed by atoms with van der Waals surface area (Å²) in [6.45, 7) is 7.68. The summed E-state index contributed by atoms with van der Waals surface area (Å²) in [5.74, 6) is 0.793. The van der Waals surface area contributed by atoms with Crippen LogP contribution in [0.2, 0.25) is 0 Å². The van der Waals surface area contributed by atoms with Crippen LogP contribution < -0.4 is 5.32 Å². The van der Waals surface area contributed by atoms with Gasteiger partial charge in [0.25, 0.3) is 0 Å². The molecule has 2 N–H and O–H groups in total. The molecule has 0 aromatic rings. The second kappa shape index (κ2) is 7.56. The largest absolute Gasteiger partial charge is 0.395 e. The van der Waals surface area contributed by atoms with Gasteiger partial charge in [0, 0.05) is 12.6 Å². The third-order valence-corrected chi connectivity index (χ3v) is 2.42. The van der Waals surface area contributed by atoms with Crippen LogP contribution in [0.5, 0.6) is 0 Å². The first-order valence-corrected chi connectivity index (χ1v) is 5.08. The fraction of sp³-hybridized carbons (Fsp3) is 1.00. The maximum Gasteiger partial charge on any atom is 0.0556 e. The minimum Gasteiger partial charge on any atom is -0.395 e. The smallest absolute Gasteiger partial charge is 0.0556 e. The van der Waals surface area contributed by atoms with E-state index < -0.39 is 0 Å². The first kappa shape index (κ1) is 11.9. The third kappa shape index (κ3) is 5.56. The van der Waals surface area contributed by atoms with Gasteiger partial charge in [-0.2, -0.15) is 0 Å². The molecule has 0 fully saturated rings. The molecule has 74 valence electrons. The van der Waals surface area contributed by atoms with Gasteiger partial charge in [0.15, 0.2) is 0 Å². The SMILES string of the molecule is CCC(C)CC(CC)NCCO. The van der Waals surface area contributed by atoms with Crippen molar-refractivity contribution in [3.05, 3.63) is 0 Å². The molecule has 0 spiro atoms. The van der Waals surface area contributed by atoms with Crippen molar-refractivity contribution in [2.24, 2.45) is 5.92 Å². The van der Waals surface area contributed by atoms with Gasteiger partial charge in [-0.25, -0.2) is 0 Å². The molecule has 0 aliphatic rings. The predicted octanol–water partition coefficient (Wildman–Crippen LogP) is 1.78. The minimum atomic E-state index is 0.247. The zero-order valence-electron chi connectivity index (χ0n) is 8.64. The molecule has 0 amide bonds. The summed E-state index contributed by atoms with van der Waals surface area (Å²) in [7, 11) is 0. The second-order valence-corrected chi connectivity index (χ2v) is 3.53. The minimum absolute atomic E-state index is 0.247. The second-order valence-electron chi connectivity index (χ2n) is 3.53. The molecule has 0 aromatic carbocycles. The molecule has 2 unspecified atom stereocenters. The van der Waals surface area contributed by atoms with Crippen LogP contribution >= 0.6 is 0 Å². The van der Waals surface area contributed by atoms with Crippen molar-refractivity contribution in [2.45, 2.75) is 46.1 Å². The summed E-state index contributed by atoms with van der Waals surface area (Å²) in [6.07, 6.45) is 3.63. The van der Waals surface area contributed by atoms with E-state index in [0.717, 1.165) is 18.9 Å². The Labute approximate surface area is 76.4 Å². The molecular formula is C10H23NO. The van der Waals surface area contributed by atoms with Gasteiger partial charge >= 0.3 is 0 Å². The van der Waals surface area contributed by atoms with Crippen molar-refractivity contribution < 1.29 is 5.11 Å². The number of hydrogen-bond acceptors (Lipinski definition) is 2. The molecule has 0 aromatic heterocycles. The van der Waals surface area contributed by atoms with Crippen molar-refractivity contribution >= 4 is 0 Å². The van der Waals surface area contributed by atoms with Crippen molar-refractivity contribution in [3.63, 3.8) is 0 Å². The Morgan fingerprint density at radius 1 is 1.25 bits per heavy atom.